The van der Waals surface area contributed by atoms with Crippen LogP contribution >= 0.6 is 11.3 Å². The third kappa shape index (κ3) is 2.01. The predicted molar refractivity (Wildman–Crippen MR) is 80.9 cm³/mol. The Morgan fingerprint density at radius 2 is 2.21 bits per heavy atom. The van der Waals surface area contributed by atoms with Gasteiger partial charge in [0, 0.05) is 17.5 Å². The van der Waals surface area contributed by atoms with Crippen molar-refractivity contribution in [2.45, 2.75) is 33.2 Å². The zero-order valence-electron chi connectivity index (χ0n) is 11.7. The fraction of sp³-hybridized carbons (Fsp3) is 0.571. The highest BCUT2D eigenvalue weighted by Crippen LogP contribution is 2.37. The molecule has 19 heavy (non-hydrogen) atoms. The minimum Gasteiger partial charge on any atom is -0.353 e. The van der Waals surface area contributed by atoms with Crippen molar-refractivity contribution in [1.82, 2.24) is 9.97 Å². The van der Waals surface area contributed by atoms with Crippen molar-refractivity contribution in [3.63, 3.8) is 0 Å². The molecule has 2 unspecified atom stereocenters. The molecule has 0 saturated carbocycles. The smallest absolute Gasteiger partial charge is 0.141 e. The highest BCUT2D eigenvalue weighted by atomic mass is 32.1. The van der Waals surface area contributed by atoms with E-state index in [9.17, 15) is 0 Å². The number of hydrogen-bond acceptors (Lipinski definition) is 5. The number of hydrogen-bond donors (Lipinski definition) is 1. The summed E-state index contributed by atoms with van der Waals surface area (Å²) in [6, 6.07) is 0.506. The molecule has 0 bridgehead atoms. The Kier molecular flexibility index (Phi) is 3.19. The minimum absolute atomic E-state index is 0.506. The average Bonchev–Trinajstić information content (AvgIpc) is 2.91. The first-order chi connectivity index (χ1) is 9.11. The summed E-state index contributed by atoms with van der Waals surface area (Å²) in [5, 5.41) is 1.23. The second-order valence-corrected chi connectivity index (χ2v) is 6.70. The molecule has 1 aliphatic heterocycles. The summed E-state index contributed by atoms with van der Waals surface area (Å²) in [5.41, 5.74) is 7.14. The Balaban J connectivity index is 2.10. The molecule has 2 atom stereocenters. The lowest BCUT2D eigenvalue weighted by Crippen LogP contribution is -2.28. The molecule has 102 valence electrons. The molecule has 3 rings (SSSR count). The van der Waals surface area contributed by atoms with Crippen LogP contribution in [0.15, 0.2) is 6.33 Å². The Morgan fingerprint density at radius 1 is 1.42 bits per heavy atom. The number of aromatic nitrogens is 2. The lowest BCUT2D eigenvalue weighted by Gasteiger charge is -2.23. The predicted octanol–water partition coefficient (Wildman–Crippen LogP) is 2.48. The fourth-order valence-electron chi connectivity index (χ4n) is 2.99. The maximum absolute atomic E-state index is 5.83. The van der Waals surface area contributed by atoms with Crippen LogP contribution in [0.5, 0.6) is 0 Å². The zero-order valence-corrected chi connectivity index (χ0v) is 12.5. The second kappa shape index (κ2) is 4.72. The van der Waals surface area contributed by atoms with E-state index in [-0.39, 0.29) is 0 Å². The van der Waals surface area contributed by atoms with Gasteiger partial charge < -0.3 is 10.6 Å². The quantitative estimate of drug-likeness (QED) is 0.915. The molecular formula is C14H20N4S. The maximum Gasteiger partial charge on any atom is 0.141 e. The molecule has 0 aliphatic carbocycles. The summed E-state index contributed by atoms with van der Waals surface area (Å²) in [5.74, 6) is 1.68. The molecule has 2 aromatic rings. The first-order valence-corrected chi connectivity index (χ1v) is 7.60. The van der Waals surface area contributed by atoms with Crippen molar-refractivity contribution in [1.29, 1.82) is 0 Å². The van der Waals surface area contributed by atoms with Gasteiger partial charge in [0.15, 0.2) is 0 Å². The molecule has 1 fully saturated rings. The van der Waals surface area contributed by atoms with Gasteiger partial charge in [-0.25, -0.2) is 9.97 Å². The molecule has 4 nitrogen and oxygen atoms in total. The van der Waals surface area contributed by atoms with E-state index >= 15 is 0 Å². The number of rotatable bonds is 2. The van der Waals surface area contributed by atoms with Crippen molar-refractivity contribution in [3.8, 4) is 0 Å². The molecule has 2 aromatic heterocycles. The van der Waals surface area contributed by atoms with Crippen LogP contribution in [0.4, 0.5) is 5.82 Å². The van der Waals surface area contributed by atoms with E-state index in [1.807, 2.05) is 0 Å². The molecule has 1 saturated heterocycles. The Morgan fingerprint density at radius 3 is 2.89 bits per heavy atom. The molecule has 0 amide bonds. The lowest BCUT2D eigenvalue weighted by molar-refractivity contribution is 0.579. The number of nitrogens with zero attached hydrogens (tertiary/aromatic N) is 3. The van der Waals surface area contributed by atoms with Gasteiger partial charge in [-0.15, -0.1) is 11.3 Å². The van der Waals surface area contributed by atoms with E-state index in [1.54, 1.807) is 17.7 Å². The van der Waals surface area contributed by atoms with Gasteiger partial charge in [0.05, 0.1) is 5.39 Å². The van der Waals surface area contributed by atoms with Crippen LogP contribution in [-0.4, -0.2) is 29.1 Å². The molecule has 0 aromatic carbocycles. The summed E-state index contributed by atoms with van der Waals surface area (Å²) in [6.45, 7) is 8.36. The monoisotopic (exact) mass is 276 g/mol. The maximum atomic E-state index is 5.83. The Bertz CT molecular complexity index is 607. The summed E-state index contributed by atoms with van der Waals surface area (Å²) < 4.78 is 0. The van der Waals surface area contributed by atoms with E-state index in [2.05, 4.69) is 35.6 Å². The number of anilines is 1. The van der Waals surface area contributed by atoms with Crippen molar-refractivity contribution < 1.29 is 0 Å². The minimum atomic E-state index is 0.506. The van der Waals surface area contributed by atoms with Crippen molar-refractivity contribution in [2.24, 2.45) is 11.7 Å². The number of nitrogens with two attached hydrogens (primary N) is 1. The van der Waals surface area contributed by atoms with Crippen LogP contribution in [-0.2, 0) is 0 Å². The molecular weight excluding hydrogens is 256 g/mol. The van der Waals surface area contributed by atoms with Crippen LogP contribution in [0.2, 0.25) is 0 Å². The van der Waals surface area contributed by atoms with E-state index in [0.29, 0.717) is 12.0 Å². The summed E-state index contributed by atoms with van der Waals surface area (Å²) >= 11 is 1.76. The molecule has 0 spiro atoms. The van der Waals surface area contributed by atoms with Gasteiger partial charge in [0.2, 0.25) is 0 Å². The van der Waals surface area contributed by atoms with Gasteiger partial charge in [-0.3, -0.25) is 0 Å². The number of fused-ring (bicyclic) bond motifs is 1. The van der Waals surface area contributed by atoms with Crippen LogP contribution in [0.25, 0.3) is 10.2 Å². The SMILES string of the molecule is Cc1sc2ncnc(N3CC(CN)CC3C)c2c1C. The molecule has 3 heterocycles. The molecule has 5 heteroatoms. The van der Waals surface area contributed by atoms with Gasteiger partial charge in [-0.2, -0.15) is 0 Å². The summed E-state index contributed by atoms with van der Waals surface area (Å²) in [6.07, 6.45) is 2.85. The van der Waals surface area contributed by atoms with Crippen LogP contribution in [0.1, 0.15) is 23.8 Å². The third-order valence-electron chi connectivity index (χ3n) is 4.21. The van der Waals surface area contributed by atoms with E-state index in [1.165, 1.54) is 15.8 Å². The van der Waals surface area contributed by atoms with Gasteiger partial charge in [0.1, 0.15) is 17.0 Å². The van der Waals surface area contributed by atoms with Gasteiger partial charge >= 0.3 is 0 Å². The van der Waals surface area contributed by atoms with Crippen LogP contribution < -0.4 is 10.6 Å². The standard InChI is InChI=1S/C14H20N4S/c1-8-4-11(5-15)6-18(8)13-12-9(2)10(3)19-14(12)17-7-16-13/h7-8,11H,4-6,15H2,1-3H3. The zero-order chi connectivity index (χ0) is 13.6. The topological polar surface area (TPSA) is 55.0 Å². The molecule has 1 aliphatic rings. The Labute approximate surface area is 117 Å². The first kappa shape index (κ1) is 12.8. The van der Waals surface area contributed by atoms with Crippen LogP contribution in [0.3, 0.4) is 0 Å². The van der Waals surface area contributed by atoms with Gasteiger partial charge in [-0.1, -0.05) is 0 Å². The number of thiophene rings is 1. The van der Waals surface area contributed by atoms with Gasteiger partial charge in [0.25, 0.3) is 0 Å². The average molecular weight is 276 g/mol. The molecule has 2 N–H and O–H groups in total. The largest absolute Gasteiger partial charge is 0.353 e. The number of aryl methyl sites for hydroxylation is 2. The Hall–Kier alpha value is -1.20. The van der Waals surface area contributed by atoms with E-state index in [0.717, 1.165) is 30.2 Å². The van der Waals surface area contributed by atoms with Crippen molar-refractivity contribution >= 4 is 27.4 Å². The summed E-state index contributed by atoms with van der Waals surface area (Å²) in [7, 11) is 0. The van der Waals surface area contributed by atoms with Crippen molar-refractivity contribution in [2.75, 3.05) is 18.0 Å². The normalized spacial score (nSPS) is 23.5. The van der Waals surface area contributed by atoms with Crippen LogP contribution in [0, 0.1) is 19.8 Å². The van der Waals surface area contributed by atoms with E-state index in [4.69, 9.17) is 5.73 Å². The second-order valence-electron chi connectivity index (χ2n) is 5.50. The highest BCUT2D eigenvalue weighted by molar-refractivity contribution is 7.18. The third-order valence-corrected chi connectivity index (χ3v) is 5.33. The highest BCUT2D eigenvalue weighted by Gasteiger charge is 2.30. The fourth-order valence-corrected chi connectivity index (χ4v) is 3.98. The lowest BCUT2D eigenvalue weighted by atomic mass is 10.1. The molecule has 0 radical (unpaired) electrons. The van der Waals surface area contributed by atoms with E-state index < -0.39 is 0 Å². The summed E-state index contributed by atoms with van der Waals surface area (Å²) in [4.78, 5) is 13.8. The van der Waals surface area contributed by atoms with Crippen molar-refractivity contribution in [3.05, 3.63) is 16.8 Å². The van der Waals surface area contributed by atoms with Gasteiger partial charge in [-0.05, 0) is 45.2 Å². The first-order valence-electron chi connectivity index (χ1n) is 6.79.